The summed E-state index contributed by atoms with van der Waals surface area (Å²) in [4.78, 5) is 26.3. The van der Waals surface area contributed by atoms with E-state index in [9.17, 15) is 9.59 Å². The molecule has 2 rings (SSSR count). The number of aryl methyl sites for hydroxylation is 2. The van der Waals surface area contributed by atoms with Crippen LogP contribution in [0.2, 0.25) is 0 Å². The number of hydrogen-bond acceptors (Lipinski definition) is 2. The number of hydrogen-bond donors (Lipinski definition) is 1. The van der Waals surface area contributed by atoms with Crippen LogP contribution in [0, 0.1) is 13.8 Å². The van der Waals surface area contributed by atoms with Gasteiger partial charge in [0, 0.05) is 17.8 Å². The number of carbonyl (C=O) groups is 2. The van der Waals surface area contributed by atoms with Gasteiger partial charge in [-0.3, -0.25) is 9.59 Å². The van der Waals surface area contributed by atoms with Crippen molar-refractivity contribution in [3.05, 3.63) is 29.3 Å². The number of likely N-dealkylation sites (tertiary alicyclic amines) is 1. The maximum absolute atomic E-state index is 12.4. The van der Waals surface area contributed by atoms with Crippen LogP contribution in [-0.2, 0) is 9.59 Å². The molecule has 0 aliphatic carbocycles. The molecule has 1 aromatic carbocycles. The lowest BCUT2D eigenvalue weighted by molar-refractivity contribution is -0.147. The molecule has 0 radical (unpaired) electrons. The standard InChI is InChI=1S/C17H24N2O2/c1-11-8-9-15(10-12(11)2)18-16(20)17(21)19-13(3)6-5-7-14(19)4/h8-10,13-14H,5-7H2,1-4H3,(H,18,20). The van der Waals surface area contributed by atoms with E-state index in [-0.39, 0.29) is 12.1 Å². The molecule has 1 aliphatic rings. The maximum atomic E-state index is 12.4. The molecule has 1 saturated heterocycles. The summed E-state index contributed by atoms with van der Waals surface area (Å²) in [7, 11) is 0. The van der Waals surface area contributed by atoms with Crippen molar-refractivity contribution in [2.45, 2.75) is 59.0 Å². The summed E-state index contributed by atoms with van der Waals surface area (Å²) in [6.45, 7) is 8.03. The van der Waals surface area contributed by atoms with Gasteiger partial charge < -0.3 is 10.2 Å². The number of nitrogens with zero attached hydrogens (tertiary/aromatic N) is 1. The lowest BCUT2D eigenvalue weighted by atomic mass is 9.97. The van der Waals surface area contributed by atoms with Crippen LogP contribution in [0.4, 0.5) is 5.69 Å². The fourth-order valence-corrected chi connectivity index (χ4v) is 2.94. The number of carbonyl (C=O) groups excluding carboxylic acids is 2. The summed E-state index contributed by atoms with van der Waals surface area (Å²) in [5, 5.41) is 2.72. The second-order valence-corrected chi connectivity index (χ2v) is 6.09. The Labute approximate surface area is 126 Å². The Morgan fingerprint density at radius 3 is 2.29 bits per heavy atom. The van der Waals surface area contributed by atoms with Crippen molar-refractivity contribution in [3.63, 3.8) is 0 Å². The number of nitrogens with one attached hydrogen (secondary N) is 1. The predicted molar refractivity (Wildman–Crippen MR) is 84.2 cm³/mol. The van der Waals surface area contributed by atoms with Crippen molar-refractivity contribution in [1.82, 2.24) is 4.90 Å². The molecule has 2 unspecified atom stereocenters. The number of anilines is 1. The highest BCUT2D eigenvalue weighted by molar-refractivity contribution is 6.39. The monoisotopic (exact) mass is 288 g/mol. The highest BCUT2D eigenvalue weighted by Gasteiger charge is 2.32. The van der Waals surface area contributed by atoms with Gasteiger partial charge in [0.2, 0.25) is 0 Å². The minimum absolute atomic E-state index is 0.131. The molecule has 114 valence electrons. The first kappa shape index (κ1) is 15.5. The van der Waals surface area contributed by atoms with Gasteiger partial charge in [0.05, 0.1) is 0 Å². The molecular formula is C17H24N2O2. The number of piperidine rings is 1. The van der Waals surface area contributed by atoms with Crippen LogP contribution in [0.3, 0.4) is 0 Å². The first-order chi connectivity index (χ1) is 9.90. The Bertz CT molecular complexity index is 544. The van der Waals surface area contributed by atoms with E-state index in [1.807, 2.05) is 45.9 Å². The molecule has 4 heteroatoms. The van der Waals surface area contributed by atoms with E-state index in [0.29, 0.717) is 5.69 Å². The van der Waals surface area contributed by atoms with E-state index in [4.69, 9.17) is 0 Å². The van der Waals surface area contributed by atoms with Crippen LogP contribution < -0.4 is 5.32 Å². The fraction of sp³-hybridized carbons (Fsp3) is 0.529. The van der Waals surface area contributed by atoms with Crippen LogP contribution >= 0.6 is 0 Å². The van der Waals surface area contributed by atoms with Gasteiger partial charge in [0.15, 0.2) is 0 Å². The third kappa shape index (κ3) is 3.43. The average Bonchev–Trinajstić information content (AvgIpc) is 2.42. The predicted octanol–water partition coefficient (Wildman–Crippen LogP) is 3.03. The molecule has 21 heavy (non-hydrogen) atoms. The Morgan fingerprint density at radius 2 is 1.71 bits per heavy atom. The second-order valence-electron chi connectivity index (χ2n) is 6.09. The molecule has 1 aliphatic heterocycles. The number of rotatable bonds is 1. The van der Waals surface area contributed by atoms with E-state index in [2.05, 4.69) is 5.32 Å². The van der Waals surface area contributed by atoms with Gasteiger partial charge in [-0.1, -0.05) is 6.07 Å². The molecule has 0 saturated carbocycles. The van der Waals surface area contributed by atoms with Gasteiger partial charge in [-0.25, -0.2) is 0 Å². The molecule has 0 aromatic heterocycles. The summed E-state index contributed by atoms with van der Waals surface area (Å²) in [6, 6.07) is 5.93. The van der Waals surface area contributed by atoms with Gasteiger partial charge in [-0.2, -0.15) is 0 Å². The third-order valence-corrected chi connectivity index (χ3v) is 4.39. The summed E-state index contributed by atoms with van der Waals surface area (Å²) in [5.74, 6) is -0.966. The Morgan fingerprint density at radius 1 is 1.10 bits per heavy atom. The highest BCUT2D eigenvalue weighted by atomic mass is 16.2. The summed E-state index contributed by atoms with van der Waals surface area (Å²) < 4.78 is 0. The van der Waals surface area contributed by atoms with Crippen LogP contribution in [-0.4, -0.2) is 28.8 Å². The first-order valence-electron chi connectivity index (χ1n) is 7.61. The van der Waals surface area contributed by atoms with E-state index in [1.54, 1.807) is 4.90 Å². The van der Waals surface area contributed by atoms with Crippen LogP contribution in [0.25, 0.3) is 0 Å². The molecule has 1 N–H and O–H groups in total. The SMILES string of the molecule is Cc1ccc(NC(=O)C(=O)N2C(C)CCCC2C)cc1C. The first-order valence-corrected chi connectivity index (χ1v) is 7.61. The van der Waals surface area contributed by atoms with Crippen molar-refractivity contribution < 1.29 is 9.59 Å². The van der Waals surface area contributed by atoms with Crippen molar-refractivity contribution in [2.75, 3.05) is 5.32 Å². The van der Waals surface area contributed by atoms with Crippen molar-refractivity contribution in [1.29, 1.82) is 0 Å². The van der Waals surface area contributed by atoms with Gasteiger partial charge in [0.25, 0.3) is 0 Å². The second kappa shape index (κ2) is 6.29. The Balaban J connectivity index is 2.08. The molecular weight excluding hydrogens is 264 g/mol. The largest absolute Gasteiger partial charge is 0.329 e. The number of amides is 2. The molecule has 1 fully saturated rings. The van der Waals surface area contributed by atoms with E-state index < -0.39 is 11.8 Å². The topological polar surface area (TPSA) is 49.4 Å². The zero-order valence-corrected chi connectivity index (χ0v) is 13.3. The lowest BCUT2D eigenvalue weighted by Crippen LogP contribution is -2.51. The third-order valence-electron chi connectivity index (χ3n) is 4.39. The van der Waals surface area contributed by atoms with Gasteiger partial charge in [-0.05, 0) is 70.2 Å². The van der Waals surface area contributed by atoms with Gasteiger partial charge in [0.1, 0.15) is 0 Å². The van der Waals surface area contributed by atoms with Crippen LogP contribution in [0.5, 0.6) is 0 Å². The minimum Gasteiger partial charge on any atom is -0.329 e. The van der Waals surface area contributed by atoms with Crippen molar-refractivity contribution in [2.24, 2.45) is 0 Å². The van der Waals surface area contributed by atoms with Crippen molar-refractivity contribution >= 4 is 17.5 Å². The minimum atomic E-state index is -0.543. The van der Waals surface area contributed by atoms with Crippen molar-refractivity contribution in [3.8, 4) is 0 Å². The Hall–Kier alpha value is -1.84. The molecule has 4 nitrogen and oxygen atoms in total. The smallest absolute Gasteiger partial charge is 0.313 e. The molecule has 2 amide bonds. The molecule has 2 atom stereocenters. The quantitative estimate of drug-likeness (QED) is 0.808. The fourth-order valence-electron chi connectivity index (χ4n) is 2.94. The summed E-state index contributed by atoms with van der Waals surface area (Å²) in [5.41, 5.74) is 2.94. The summed E-state index contributed by atoms with van der Waals surface area (Å²) >= 11 is 0. The Kier molecular flexibility index (Phi) is 4.66. The lowest BCUT2D eigenvalue weighted by Gasteiger charge is -2.38. The van der Waals surface area contributed by atoms with Gasteiger partial charge >= 0.3 is 11.8 Å². The highest BCUT2D eigenvalue weighted by Crippen LogP contribution is 2.23. The molecule has 1 heterocycles. The average molecular weight is 288 g/mol. The molecule has 0 spiro atoms. The number of benzene rings is 1. The molecule has 1 aromatic rings. The maximum Gasteiger partial charge on any atom is 0.313 e. The normalized spacial score (nSPS) is 22.0. The van der Waals surface area contributed by atoms with E-state index >= 15 is 0 Å². The molecule has 0 bridgehead atoms. The van der Waals surface area contributed by atoms with Crippen LogP contribution in [0.1, 0.15) is 44.2 Å². The zero-order chi connectivity index (χ0) is 15.6. The van der Waals surface area contributed by atoms with Crippen LogP contribution in [0.15, 0.2) is 18.2 Å². The van der Waals surface area contributed by atoms with E-state index in [1.165, 1.54) is 0 Å². The zero-order valence-electron chi connectivity index (χ0n) is 13.3. The van der Waals surface area contributed by atoms with Gasteiger partial charge in [-0.15, -0.1) is 0 Å². The van der Waals surface area contributed by atoms with E-state index in [0.717, 1.165) is 30.4 Å². The summed E-state index contributed by atoms with van der Waals surface area (Å²) in [6.07, 6.45) is 3.05.